The van der Waals surface area contributed by atoms with E-state index in [0.717, 1.165) is 12.8 Å². The number of ether oxygens (including phenoxy) is 3. The van der Waals surface area contributed by atoms with Crippen LogP contribution in [-0.2, 0) is 4.74 Å². The second kappa shape index (κ2) is 9.34. The summed E-state index contributed by atoms with van der Waals surface area (Å²) in [7, 11) is 1.57. The molecule has 0 saturated carbocycles. The topological polar surface area (TPSA) is 44.8 Å². The highest BCUT2D eigenvalue weighted by Gasteiger charge is 2.12. The molecule has 0 bridgehead atoms. The standard InChI is InChI=1S/C18H28O4/c1-13(2)8-10-21-16-7-6-15(12-17(16)20-5)18(19)22-11-9-14(3)4/h6-7,12-14H,8-11H2,1-5H3. The predicted molar refractivity (Wildman–Crippen MR) is 87.7 cm³/mol. The van der Waals surface area contributed by atoms with Crippen molar-refractivity contribution in [2.45, 2.75) is 40.5 Å². The maximum atomic E-state index is 12.0. The van der Waals surface area contributed by atoms with E-state index in [0.29, 0.717) is 42.1 Å². The van der Waals surface area contributed by atoms with Gasteiger partial charge in [0.15, 0.2) is 11.5 Å². The van der Waals surface area contributed by atoms with Crippen LogP contribution in [0.2, 0.25) is 0 Å². The van der Waals surface area contributed by atoms with E-state index >= 15 is 0 Å². The first kappa shape index (κ1) is 18.3. The van der Waals surface area contributed by atoms with Gasteiger partial charge < -0.3 is 14.2 Å². The average molecular weight is 308 g/mol. The molecule has 0 aromatic heterocycles. The van der Waals surface area contributed by atoms with Gasteiger partial charge in [0.2, 0.25) is 0 Å². The molecule has 22 heavy (non-hydrogen) atoms. The molecule has 0 amide bonds. The zero-order chi connectivity index (χ0) is 16.5. The van der Waals surface area contributed by atoms with Gasteiger partial charge in [0.1, 0.15) is 0 Å². The van der Waals surface area contributed by atoms with Gasteiger partial charge in [0.25, 0.3) is 0 Å². The van der Waals surface area contributed by atoms with Gasteiger partial charge in [-0.25, -0.2) is 4.79 Å². The number of esters is 1. The van der Waals surface area contributed by atoms with Crippen LogP contribution in [0.5, 0.6) is 11.5 Å². The van der Waals surface area contributed by atoms with Gasteiger partial charge in [-0.05, 0) is 42.9 Å². The first-order chi connectivity index (χ1) is 10.4. The molecule has 124 valence electrons. The van der Waals surface area contributed by atoms with Crippen molar-refractivity contribution in [1.29, 1.82) is 0 Å². The molecule has 0 atom stereocenters. The molecule has 0 fully saturated rings. The number of rotatable bonds is 9. The predicted octanol–water partition coefficient (Wildman–Crippen LogP) is 4.32. The molecule has 0 aliphatic rings. The van der Waals surface area contributed by atoms with Crippen LogP contribution in [-0.4, -0.2) is 26.3 Å². The summed E-state index contributed by atoms with van der Waals surface area (Å²) in [4.78, 5) is 12.0. The second-order valence-corrected chi connectivity index (χ2v) is 6.22. The summed E-state index contributed by atoms with van der Waals surface area (Å²) in [5.74, 6) is 1.98. The molecule has 1 aromatic carbocycles. The molecule has 4 nitrogen and oxygen atoms in total. The van der Waals surface area contributed by atoms with E-state index in [1.807, 2.05) is 0 Å². The first-order valence-corrected chi connectivity index (χ1v) is 7.92. The van der Waals surface area contributed by atoms with Crippen LogP contribution in [0.25, 0.3) is 0 Å². The van der Waals surface area contributed by atoms with Crippen molar-refractivity contribution >= 4 is 5.97 Å². The van der Waals surface area contributed by atoms with E-state index in [1.54, 1.807) is 25.3 Å². The summed E-state index contributed by atoms with van der Waals surface area (Å²) in [5, 5.41) is 0. The molecule has 0 spiro atoms. The zero-order valence-corrected chi connectivity index (χ0v) is 14.3. The Morgan fingerprint density at radius 3 is 2.23 bits per heavy atom. The number of methoxy groups -OCH3 is 1. The van der Waals surface area contributed by atoms with Gasteiger partial charge >= 0.3 is 5.97 Å². The van der Waals surface area contributed by atoms with Crippen molar-refractivity contribution in [3.63, 3.8) is 0 Å². The van der Waals surface area contributed by atoms with Crippen LogP contribution in [0.3, 0.4) is 0 Å². The third kappa shape index (κ3) is 6.37. The van der Waals surface area contributed by atoms with Gasteiger partial charge in [-0.2, -0.15) is 0 Å². The highest BCUT2D eigenvalue weighted by atomic mass is 16.5. The van der Waals surface area contributed by atoms with Crippen LogP contribution in [0.1, 0.15) is 50.9 Å². The van der Waals surface area contributed by atoms with Gasteiger partial charge in [-0.3, -0.25) is 0 Å². The smallest absolute Gasteiger partial charge is 0.338 e. The Kier molecular flexibility index (Phi) is 7.78. The average Bonchev–Trinajstić information content (AvgIpc) is 2.46. The van der Waals surface area contributed by atoms with Gasteiger partial charge in [0.05, 0.1) is 25.9 Å². The lowest BCUT2D eigenvalue weighted by atomic mass is 10.1. The Morgan fingerprint density at radius 1 is 1.00 bits per heavy atom. The lowest BCUT2D eigenvalue weighted by Gasteiger charge is -2.13. The van der Waals surface area contributed by atoms with E-state index < -0.39 is 0 Å². The first-order valence-electron chi connectivity index (χ1n) is 7.92. The van der Waals surface area contributed by atoms with Crippen LogP contribution in [0.4, 0.5) is 0 Å². The lowest BCUT2D eigenvalue weighted by molar-refractivity contribution is 0.0487. The number of hydrogen-bond donors (Lipinski definition) is 0. The van der Waals surface area contributed by atoms with Gasteiger partial charge in [-0.1, -0.05) is 27.7 Å². The maximum absolute atomic E-state index is 12.0. The van der Waals surface area contributed by atoms with Gasteiger partial charge in [-0.15, -0.1) is 0 Å². The summed E-state index contributed by atoms with van der Waals surface area (Å²) < 4.78 is 16.3. The van der Waals surface area contributed by atoms with Crippen molar-refractivity contribution in [2.24, 2.45) is 11.8 Å². The maximum Gasteiger partial charge on any atom is 0.338 e. The minimum absolute atomic E-state index is 0.326. The van der Waals surface area contributed by atoms with E-state index in [-0.39, 0.29) is 5.97 Å². The summed E-state index contributed by atoms with van der Waals surface area (Å²) in [6, 6.07) is 5.14. The van der Waals surface area contributed by atoms with Crippen molar-refractivity contribution in [3.05, 3.63) is 23.8 Å². The quantitative estimate of drug-likeness (QED) is 0.637. The lowest BCUT2D eigenvalue weighted by Crippen LogP contribution is -2.09. The fourth-order valence-electron chi connectivity index (χ4n) is 1.79. The van der Waals surface area contributed by atoms with Crippen molar-refractivity contribution < 1.29 is 19.0 Å². The van der Waals surface area contributed by atoms with E-state index in [9.17, 15) is 4.79 Å². The Balaban J connectivity index is 2.64. The third-order valence-corrected chi connectivity index (χ3v) is 3.28. The van der Waals surface area contributed by atoms with E-state index in [2.05, 4.69) is 27.7 Å². The normalized spacial score (nSPS) is 10.9. The fraction of sp³-hybridized carbons (Fsp3) is 0.611. The Bertz CT molecular complexity index is 466. The largest absolute Gasteiger partial charge is 0.493 e. The summed E-state index contributed by atoms with van der Waals surface area (Å²) >= 11 is 0. The van der Waals surface area contributed by atoms with Crippen LogP contribution in [0.15, 0.2) is 18.2 Å². The van der Waals surface area contributed by atoms with Crippen LogP contribution in [0, 0.1) is 11.8 Å². The molecule has 0 aliphatic carbocycles. The fourth-order valence-corrected chi connectivity index (χ4v) is 1.79. The van der Waals surface area contributed by atoms with Crippen molar-refractivity contribution in [1.82, 2.24) is 0 Å². The molecule has 0 unspecified atom stereocenters. The van der Waals surface area contributed by atoms with E-state index in [1.165, 1.54) is 0 Å². The molecule has 1 rings (SSSR count). The highest BCUT2D eigenvalue weighted by Crippen LogP contribution is 2.28. The van der Waals surface area contributed by atoms with Gasteiger partial charge in [0, 0.05) is 0 Å². The Labute approximate surface area is 133 Å². The molecular weight excluding hydrogens is 280 g/mol. The summed E-state index contributed by atoms with van der Waals surface area (Å²) in [6.45, 7) is 9.56. The molecule has 0 saturated heterocycles. The van der Waals surface area contributed by atoms with Crippen LogP contribution < -0.4 is 9.47 Å². The zero-order valence-electron chi connectivity index (χ0n) is 14.3. The molecule has 0 aliphatic heterocycles. The minimum Gasteiger partial charge on any atom is -0.493 e. The molecule has 4 heteroatoms. The highest BCUT2D eigenvalue weighted by molar-refractivity contribution is 5.90. The van der Waals surface area contributed by atoms with E-state index in [4.69, 9.17) is 14.2 Å². The molecule has 0 heterocycles. The minimum atomic E-state index is -0.326. The molecule has 0 N–H and O–H groups in total. The van der Waals surface area contributed by atoms with Crippen molar-refractivity contribution in [2.75, 3.05) is 20.3 Å². The van der Waals surface area contributed by atoms with Crippen LogP contribution >= 0.6 is 0 Å². The number of benzene rings is 1. The summed E-state index contributed by atoms with van der Waals surface area (Å²) in [6.07, 6.45) is 1.83. The number of hydrogen-bond acceptors (Lipinski definition) is 4. The number of carbonyl (C=O) groups excluding carboxylic acids is 1. The number of carbonyl (C=O) groups is 1. The van der Waals surface area contributed by atoms with Crippen molar-refractivity contribution in [3.8, 4) is 11.5 Å². The second-order valence-electron chi connectivity index (χ2n) is 6.22. The monoisotopic (exact) mass is 308 g/mol. The SMILES string of the molecule is COc1cc(C(=O)OCCC(C)C)ccc1OCCC(C)C. The third-order valence-electron chi connectivity index (χ3n) is 3.28. The summed E-state index contributed by atoms with van der Waals surface area (Å²) in [5.41, 5.74) is 0.483. The molecule has 1 aromatic rings. The molecule has 0 radical (unpaired) electrons. The Morgan fingerprint density at radius 2 is 1.64 bits per heavy atom. The molecular formula is C18H28O4. The Hall–Kier alpha value is -1.71.